The van der Waals surface area contributed by atoms with Gasteiger partial charge in [-0.3, -0.25) is 9.59 Å². The highest BCUT2D eigenvalue weighted by molar-refractivity contribution is 5.95. The van der Waals surface area contributed by atoms with E-state index in [9.17, 15) is 9.59 Å². The van der Waals surface area contributed by atoms with Crippen LogP contribution in [0.3, 0.4) is 0 Å². The number of hydrogen-bond donors (Lipinski definition) is 0. The Hall–Kier alpha value is -1.64. The molecule has 0 aliphatic carbocycles. The molecule has 0 radical (unpaired) electrons. The maximum Gasteiger partial charge on any atom is 0.170 e. The molecule has 0 amide bonds. The smallest absolute Gasteiger partial charge is 0.170 e. The third kappa shape index (κ3) is 4.39. The number of benzene rings is 1. The molecule has 0 unspecified atom stereocenters. The van der Waals surface area contributed by atoms with E-state index in [2.05, 4.69) is 0 Å². The molecule has 0 heterocycles. The Morgan fingerprint density at radius 3 is 2.29 bits per heavy atom. The molecule has 0 aliphatic heterocycles. The lowest BCUT2D eigenvalue weighted by atomic mass is 10.1. The highest BCUT2D eigenvalue weighted by atomic mass is 16.5. The monoisotopic (exact) mass is 234 g/mol. The lowest BCUT2D eigenvalue weighted by Gasteiger charge is -2.05. The molecule has 0 aromatic heterocycles. The van der Waals surface area contributed by atoms with Gasteiger partial charge in [0, 0.05) is 18.4 Å². The van der Waals surface area contributed by atoms with Gasteiger partial charge in [-0.15, -0.1) is 0 Å². The standard InChI is InChI=1S/C14H18O3/c1-3-5-12(15)10-17-13-8-6-11(7-9-13)14(16)4-2/h6-9H,3-5,10H2,1-2H3. The van der Waals surface area contributed by atoms with Gasteiger partial charge in [0.05, 0.1) is 0 Å². The molecule has 3 heteroatoms. The van der Waals surface area contributed by atoms with Gasteiger partial charge in [0.2, 0.25) is 0 Å². The van der Waals surface area contributed by atoms with E-state index in [-0.39, 0.29) is 18.2 Å². The molecule has 0 spiro atoms. The van der Waals surface area contributed by atoms with Crippen LogP contribution in [0.2, 0.25) is 0 Å². The van der Waals surface area contributed by atoms with Crippen LogP contribution in [-0.2, 0) is 4.79 Å². The zero-order valence-corrected chi connectivity index (χ0v) is 10.4. The Morgan fingerprint density at radius 1 is 1.12 bits per heavy atom. The largest absolute Gasteiger partial charge is 0.486 e. The Labute approximate surface area is 102 Å². The molecule has 0 saturated heterocycles. The fourth-order valence-electron chi connectivity index (χ4n) is 1.46. The first kappa shape index (κ1) is 13.4. The number of rotatable bonds is 7. The molecule has 0 saturated carbocycles. The van der Waals surface area contributed by atoms with Crippen LogP contribution >= 0.6 is 0 Å². The normalized spacial score (nSPS) is 10.0. The van der Waals surface area contributed by atoms with Crippen molar-refractivity contribution in [1.29, 1.82) is 0 Å². The summed E-state index contributed by atoms with van der Waals surface area (Å²) in [6.07, 6.45) is 1.88. The van der Waals surface area contributed by atoms with Crippen molar-refractivity contribution < 1.29 is 14.3 Å². The highest BCUT2D eigenvalue weighted by Crippen LogP contribution is 2.13. The summed E-state index contributed by atoms with van der Waals surface area (Å²) < 4.78 is 5.33. The van der Waals surface area contributed by atoms with Crippen LogP contribution in [0.25, 0.3) is 0 Å². The van der Waals surface area contributed by atoms with Gasteiger partial charge in [0.15, 0.2) is 11.6 Å². The molecule has 92 valence electrons. The van der Waals surface area contributed by atoms with Crippen molar-refractivity contribution in [3.05, 3.63) is 29.8 Å². The number of hydrogen-bond acceptors (Lipinski definition) is 3. The summed E-state index contributed by atoms with van der Waals surface area (Å²) in [5.74, 6) is 0.835. The van der Waals surface area contributed by atoms with Gasteiger partial charge in [0.25, 0.3) is 0 Å². The molecular formula is C14H18O3. The molecule has 1 aromatic rings. The van der Waals surface area contributed by atoms with E-state index in [1.165, 1.54) is 0 Å². The third-order valence-corrected chi connectivity index (χ3v) is 2.43. The average Bonchev–Trinajstić information content (AvgIpc) is 2.36. The van der Waals surface area contributed by atoms with Crippen LogP contribution < -0.4 is 4.74 Å². The van der Waals surface area contributed by atoms with Gasteiger partial charge >= 0.3 is 0 Å². The van der Waals surface area contributed by atoms with Crippen LogP contribution in [0.5, 0.6) is 5.75 Å². The molecule has 1 aromatic carbocycles. The van der Waals surface area contributed by atoms with Crippen LogP contribution in [0.15, 0.2) is 24.3 Å². The number of ether oxygens (including phenoxy) is 1. The van der Waals surface area contributed by atoms with E-state index < -0.39 is 0 Å². The zero-order chi connectivity index (χ0) is 12.7. The number of ketones is 2. The maximum absolute atomic E-state index is 11.4. The van der Waals surface area contributed by atoms with Crippen LogP contribution in [0, 0.1) is 0 Å². The molecule has 17 heavy (non-hydrogen) atoms. The van der Waals surface area contributed by atoms with Gasteiger partial charge in [-0.05, 0) is 30.7 Å². The van der Waals surface area contributed by atoms with E-state index in [1.54, 1.807) is 24.3 Å². The number of Topliss-reactive ketones (excluding diaryl/α,β-unsaturated/α-hetero) is 2. The van der Waals surface area contributed by atoms with E-state index >= 15 is 0 Å². The van der Waals surface area contributed by atoms with E-state index in [1.807, 2.05) is 13.8 Å². The van der Waals surface area contributed by atoms with Gasteiger partial charge in [-0.2, -0.15) is 0 Å². The summed E-state index contributed by atoms with van der Waals surface area (Å²) in [5, 5.41) is 0. The van der Waals surface area contributed by atoms with Crippen molar-refractivity contribution in [2.75, 3.05) is 6.61 Å². The molecule has 0 bridgehead atoms. The van der Waals surface area contributed by atoms with Crippen LogP contribution in [-0.4, -0.2) is 18.2 Å². The molecular weight excluding hydrogens is 216 g/mol. The Bertz CT molecular complexity index is 379. The lowest BCUT2D eigenvalue weighted by Crippen LogP contribution is -2.10. The van der Waals surface area contributed by atoms with E-state index in [0.29, 0.717) is 24.2 Å². The van der Waals surface area contributed by atoms with Crippen molar-refractivity contribution >= 4 is 11.6 Å². The topological polar surface area (TPSA) is 43.4 Å². The quantitative estimate of drug-likeness (QED) is 0.681. The summed E-state index contributed by atoms with van der Waals surface area (Å²) in [5.41, 5.74) is 0.680. The third-order valence-electron chi connectivity index (χ3n) is 2.43. The second-order valence-electron chi connectivity index (χ2n) is 3.88. The van der Waals surface area contributed by atoms with Crippen LogP contribution in [0.1, 0.15) is 43.5 Å². The van der Waals surface area contributed by atoms with Crippen molar-refractivity contribution in [3.8, 4) is 5.75 Å². The second-order valence-corrected chi connectivity index (χ2v) is 3.88. The Morgan fingerprint density at radius 2 is 1.76 bits per heavy atom. The predicted octanol–water partition coefficient (Wildman–Crippen LogP) is 3.03. The summed E-state index contributed by atoms with van der Waals surface area (Å²) in [4.78, 5) is 22.6. The molecule has 1 rings (SSSR count). The summed E-state index contributed by atoms with van der Waals surface area (Å²) in [7, 11) is 0. The minimum atomic E-state index is 0.0983. The van der Waals surface area contributed by atoms with Crippen LogP contribution in [0.4, 0.5) is 0 Å². The molecule has 0 N–H and O–H groups in total. The molecule has 0 aliphatic rings. The maximum atomic E-state index is 11.4. The van der Waals surface area contributed by atoms with Crippen molar-refractivity contribution in [2.24, 2.45) is 0 Å². The SMILES string of the molecule is CCCC(=O)COc1ccc(C(=O)CC)cc1. The summed E-state index contributed by atoms with van der Waals surface area (Å²) >= 11 is 0. The summed E-state index contributed by atoms with van der Waals surface area (Å²) in [6, 6.07) is 6.90. The Balaban J connectivity index is 2.51. The minimum absolute atomic E-state index is 0.0983. The van der Waals surface area contributed by atoms with Gasteiger partial charge in [-0.1, -0.05) is 13.8 Å². The molecule has 0 atom stereocenters. The number of carbonyl (C=O) groups excluding carboxylic acids is 2. The van der Waals surface area contributed by atoms with Gasteiger partial charge < -0.3 is 4.74 Å². The first-order valence-electron chi connectivity index (χ1n) is 5.95. The minimum Gasteiger partial charge on any atom is -0.486 e. The molecule has 0 fully saturated rings. The van der Waals surface area contributed by atoms with E-state index in [4.69, 9.17) is 4.74 Å². The van der Waals surface area contributed by atoms with Crippen molar-refractivity contribution in [3.63, 3.8) is 0 Å². The number of carbonyl (C=O) groups is 2. The highest BCUT2D eigenvalue weighted by Gasteiger charge is 2.04. The predicted molar refractivity (Wildman–Crippen MR) is 66.5 cm³/mol. The fourth-order valence-corrected chi connectivity index (χ4v) is 1.46. The second kappa shape index (κ2) is 6.84. The van der Waals surface area contributed by atoms with Crippen molar-refractivity contribution in [2.45, 2.75) is 33.1 Å². The molecule has 3 nitrogen and oxygen atoms in total. The zero-order valence-electron chi connectivity index (χ0n) is 10.4. The van der Waals surface area contributed by atoms with Gasteiger partial charge in [0.1, 0.15) is 12.4 Å². The fraction of sp³-hybridized carbons (Fsp3) is 0.429. The van der Waals surface area contributed by atoms with Gasteiger partial charge in [-0.25, -0.2) is 0 Å². The average molecular weight is 234 g/mol. The van der Waals surface area contributed by atoms with E-state index in [0.717, 1.165) is 6.42 Å². The Kier molecular flexibility index (Phi) is 5.40. The lowest BCUT2D eigenvalue weighted by molar-refractivity contribution is -0.121. The van der Waals surface area contributed by atoms with Crippen molar-refractivity contribution in [1.82, 2.24) is 0 Å². The first-order chi connectivity index (χ1) is 8.17. The summed E-state index contributed by atoms with van der Waals surface area (Å²) in [6.45, 7) is 3.90. The first-order valence-corrected chi connectivity index (χ1v) is 5.95.